The van der Waals surface area contributed by atoms with E-state index in [9.17, 15) is 4.79 Å². The number of hydrogen-bond acceptors (Lipinski definition) is 2. The molecule has 0 unspecified atom stereocenters. The highest BCUT2D eigenvalue weighted by molar-refractivity contribution is 5.93. The average molecular weight is 260 g/mol. The number of rotatable bonds is 4. The monoisotopic (exact) mass is 260 g/mol. The first-order valence-electron chi connectivity index (χ1n) is 6.80. The summed E-state index contributed by atoms with van der Waals surface area (Å²) >= 11 is 0. The van der Waals surface area contributed by atoms with Crippen molar-refractivity contribution >= 4 is 5.91 Å². The van der Waals surface area contributed by atoms with Crippen LogP contribution < -0.4 is 11.1 Å². The molecule has 104 valence electrons. The SMILES string of the molecule is Cc1cc(C(N)=O)ccc1CNC1C(C)(C)C1(C)C. The van der Waals surface area contributed by atoms with Crippen molar-refractivity contribution in [1.82, 2.24) is 5.32 Å². The Labute approximate surface area is 115 Å². The number of amides is 1. The van der Waals surface area contributed by atoms with E-state index < -0.39 is 0 Å². The number of aryl methyl sites for hydroxylation is 1. The highest BCUT2D eigenvalue weighted by atomic mass is 16.1. The fourth-order valence-corrected chi connectivity index (χ4v) is 2.97. The molecule has 0 aromatic heterocycles. The fourth-order valence-electron chi connectivity index (χ4n) is 2.97. The van der Waals surface area contributed by atoms with Crippen molar-refractivity contribution in [3.8, 4) is 0 Å². The molecule has 0 saturated heterocycles. The smallest absolute Gasteiger partial charge is 0.248 e. The molecule has 1 fully saturated rings. The minimum atomic E-state index is -0.368. The maximum Gasteiger partial charge on any atom is 0.248 e. The van der Waals surface area contributed by atoms with Crippen LogP contribution in [-0.2, 0) is 6.54 Å². The fraction of sp³-hybridized carbons (Fsp3) is 0.562. The molecule has 3 nitrogen and oxygen atoms in total. The van der Waals surface area contributed by atoms with Gasteiger partial charge in [-0.25, -0.2) is 0 Å². The van der Waals surface area contributed by atoms with Crippen LogP contribution in [0.4, 0.5) is 0 Å². The van der Waals surface area contributed by atoms with Gasteiger partial charge in [0.05, 0.1) is 0 Å². The van der Waals surface area contributed by atoms with Crippen molar-refractivity contribution in [1.29, 1.82) is 0 Å². The quantitative estimate of drug-likeness (QED) is 0.874. The summed E-state index contributed by atoms with van der Waals surface area (Å²) in [6.07, 6.45) is 0. The normalized spacial score (nSPS) is 20.3. The van der Waals surface area contributed by atoms with E-state index in [4.69, 9.17) is 5.73 Å². The van der Waals surface area contributed by atoms with E-state index in [1.165, 1.54) is 5.56 Å². The maximum atomic E-state index is 11.1. The van der Waals surface area contributed by atoms with Crippen LogP contribution in [0.25, 0.3) is 0 Å². The summed E-state index contributed by atoms with van der Waals surface area (Å²) in [6, 6.07) is 6.19. The van der Waals surface area contributed by atoms with Crippen LogP contribution >= 0.6 is 0 Å². The lowest BCUT2D eigenvalue weighted by Crippen LogP contribution is -2.22. The number of benzene rings is 1. The zero-order valence-corrected chi connectivity index (χ0v) is 12.5. The van der Waals surface area contributed by atoms with Gasteiger partial charge < -0.3 is 11.1 Å². The van der Waals surface area contributed by atoms with E-state index in [1.54, 1.807) is 6.07 Å². The minimum Gasteiger partial charge on any atom is -0.366 e. The van der Waals surface area contributed by atoms with Gasteiger partial charge in [-0.2, -0.15) is 0 Å². The first-order chi connectivity index (χ1) is 8.68. The van der Waals surface area contributed by atoms with Crippen LogP contribution in [0.1, 0.15) is 49.2 Å². The van der Waals surface area contributed by atoms with Gasteiger partial charge in [0.25, 0.3) is 0 Å². The van der Waals surface area contributed by atoms with E-state index in [-0.39, 0.29) is 5.91 Å². The number of nitrogens with two attached hydrogens (primary N) is 1. The van der Waals surface area contributed by atoms with Crippen molar-refractivity contribution in [2.75, 3.05) is 0 Å². The number of carbonyl (C=O) groups is 1. The minimum absolute atomic E-state index is 0.341. The van der Waals surface area contributed by atoms with E-state index >= 15 is 0 Å². The Morgan fingerprint density at radius 3 is 2.26 bits per heavy atom. The second-order valence-corrected chi connectivity index (χ2v) is 6.76. The predicted molar refractivity (Wildman–Crippen MR) is 77.9 cm³/mol. The lowest BCUT2D eigenvalue weighted by molar-refractivity contribution is 0.1000. The molecule has 2 rings (SSSR count). The van der Waals surface area contributed by atoms with Gasteiger partial charge >= 0.3 is 0 Å². The van der Waals surface area contributed by atoms with Gasteiger partial charge in [-0.05, 0) is 41.0 Å². The molecule has 3 heteroatoms. The van der Waals surface area contributed by atoms with Crippen LogP contribution in [0, 0.1) is 17.8 Å². The molecule has 1 aromatic rings. The van der Waals surface area contributed by atoms with Gasteiger partial charge in [0.15, 0.2) is 0 Å². The molecule has 0 atom stereocenters. The molecular weight excluding hydrogens is 236 g/mol. The summed E-state index contributed by atoms with van der Waals surface area (Å²) in [5.74, 6) is -0.368. The predicted octanol–water partition coefficient (Wildman–Crippen LogP) is 2.62. The van der Waals surface area contributed by atoms with E-state index in [0.717, 1.165) is 12.1 Å². The lowest BCUT2D eigenvalue weighted by atomic mass is 10.0. The van der Waals surface area contributed by atoms with Gasteiger partial charge in [0, 0.05) is 18.2 Å². The third kappa shape index (κ3) is 2.27. The van der Waals surface area contributed by atoms with E-state index in [1.807, 2.05) is 19.1 Å². The summed E-state index contributed by atoms with van der Waals surface area (Å²) in [7, 11) is 0. The van der Waals surface area contributed by atoms with E-state index in [0.29, 0.717) is 22.4 Å². The molecule has 1 amide bonds. The Morgan fingerprint density at radius 1 is 1.26 bits per heavy atom. The number of carbonyl (C=O) groups excluding carboxylic acids is 1. The summed E-state index contributed by atoms with van der Waals surface area (Å²) in [5.41, 5.74) is 8.88. The van der Waals surface area contributed by atoms with Gasteiger partial charge in [-0.15, -0.1) is 0 Å². The molecule has 19 heavy (non-hydrogen) atoms. The molecule has 1 aliphatic carbocycles. The van der Waals surface area contributed by atoms with Crippen molar-refractivity contribution < 1.29 is 4.79 Å². The topological polar surface area (TPSA) is 55.1 Å². The molecule has 1 aliphatic rings. The summed E-state index contributed by atoms with van der Waals surface area (Å²) in [5, 5.41) is 3.63. The van der Waals surface area contributed by atoms with Crippen LogP contribution in [0.15, 0.2) is 18.2 Å². The summed E-state index contributed by atoms with van der Waals surface area (Å²) < 4.78 is 0. The Morgan fingerprint density at radius 2 is 1.84 bits per heavy atom. The van der Waals surface area contributed by atoms with E-state index in [2.05, 4.69) is 33.0 Å². The second kappa shape index (κ2) is 4.34. The first kappa shape index (κ1) is 14.1. The van der Waals surface area contributed by atoms with Crippen LogP contribution in [0.2, 0.25) is 0 Å². The highest BCUT2D eigenvalue weighted by Crippen LogP contribution is 2.62. The number of hydrogen-bond donors (Lipinski definition) is 2. The zero-order chi connectivity index (χ0) is 14.4. The summed E-state index contributed by atoms with van der Waals surface area (Å²) in [6.45, 7) is 12.1. The molecule has 0 spiro atoms. The Kier molecular flexibility index (Phi) is 3.21. The Bertz CT molecular complexity index is 503. The number of primary amides is 1. The second-order valence-electron chi connectivity index (χ2n) is 6.76. The lowest BCUT2D eigenvalue weighted by Gasteiger charge is -2.10. The van der Waals surface area contributed by atoms with Gasteiger partial charge in [0.1, 0.15) is 0 Å². The molecule has 0 aliphatic heterocycles. The van der Waals surface area contributed by atoms with Crippen molar-refractivity contribution in [2.24, 2.45) is 16.6 Å². The average Bonchev–Trinajstić information content (AvgIpc) is 2.68. The van der Waals surface area contributed by atoms with Crippen molar-refractivity contribution in [2.45, 2.75) is 47.2 Å². The molecule has 1 aromatic carbocycles. The third-order valence-electron chi connectivity index (χ3n) is 5.14. The highest BCUT2D eigenvalue weighted by Gasteiger charge is 2.64. The maximum absolute atomic E-state index is 11.1. The first-order valence-corrected chi connectivity index (χ1v) is 6.80. The Hall–Kier alpha value is -1.35. The van der Waals surface area contributed by atoms with Crippen molar-refractivity contribution in [3.63, 3.8) is 0 Å². The molecule has 0 heterocycles. The zero-order valence-electron chi connectivity index (χ0n) is 12.5. The Balaban J connectivity index is 2.04. The number of nitrogens with one attached hydrogen (secondary N) is 1. The third-order valence-corrected chi connectivity index (χ3v) is 5.14. The largest absolute Gasteiger partial charge is 0.366 e. The molecule has 0 radical (unpaired) electrons. The van der Waals surface area contributed by atoms with Gasteiger partial charge in [0.2, 0.25) is 5.91 Å². The van der Waals surface area contributed by atoms with Crippen LogP contribution in [0.3, 0.4) is 0 Å². The molecule has 3 N–H and O–H groups in total. The van der Waals surface area contributed by atoms with Crippen molar-refractivity contribution in [3.05, 3.63) is 34.9 Å². The molecule has 0 bridgehead atoms. The van der Waals surface area contributed by atoms with Gasteiger partial charge in [-0.1, -0.05) is 33.8 Å². The summed E-state index contributed by atoms with van der Waals surface area (Å²) in [4.78, 5) is 11.1. The van der Waals surface area contributed by atoms with Gasteiger partial charge in [-0.3, -0.25) is 4.79 Å². The van der Waals surface area contributed by atoms with Crippen LogP contribution in [-0.4, -0.2) is 11.9 Å². The molecule has 1 saturated carbocycles. The molecular formula is C16H24N2O. The standard InChI is InChI=1S/C16H24N2O/c1-10-8-11(13(17)19)6-7-12(10)9-18-14-15(2,3)16(14,4)5/h6-8,14,18H,9H2,1-5H3,(H2,17,19). The van der Waals surface area contributed by atoms with Crippen LogP contribution in [0.5, 0.6) is 0 Å².